The van der Waals surface area contributed by atoms with Crippen LogP contribution in [0.15, 0.2) is 24.3 Å². The third-order valence-electron chi connectivity index (χ3n) is 4.30. The van der Waals surface area contributed by atoms with Crippen LogP contribution in [0.4, 0.5) is 0 Å². The van der Waals surface area contributed by atoms with E-state index in [1.165, 1.54) is 0 Å². The van der Waals surface area contributed by atoms with E-state index in [1.54, 1.807) is 0 Å². The zero-order valence-corrected chi connectivity index (χ0v) is 15.3. The van der Waals surface area contributed by atoms with Crippen molar-refractivity contribution in [3.8, 4) is 5.75 Å². The third kappa shape index (κ3) is 5.45. The Morgan fingerprint density at radius 1 is 1.14 bits per heavy atom. The molecule has 0 aromatic heterocycles. The van der Waals surface area contributed by atoms with E-state index in [1.807, 2.05) is 24.3 Å². The number of hydrogen-bond acceptors (Lipinski definition) is 3. The van der Waals surface area contributed by atoms with Gasteiger partial charge in [0.25, 0.3) is 0 Å². The van der Waals surface area contributed by atoms with Crippen molar-refractivity contribution < 1.29 is 14.3 Å². The Balaban J connectivity index is 2.59. The zero-order valence-electron chi connectivity index (χ0n) is 14.3. The molecule has 0 aliphatic heterocycles. The molecular formula is C17H30O3Si. The summed E-state index contributed by atoms with van der Waals surface area (Å²) in [5.74, 6) is 0.831. The summed E-state index contributed by atoms with van der Waals surface area (Å²) in [4.78, 5) is 0. The molecule has 0 saturated heterocycles. The monoisotopic (exact) mass is 310 g/mol. The lowest BCUT2D eigenvalue weighted by atomic mass is 10.2. The van der Waals surface area contributed by atoms with E-state index >= 15 is 0 Å². The molecule has 4 heteroatoms. The van der Waals surface area contributed by atoms with Gasteiger partial charge in [-0.2, -0.15) is 0 Å². The Morgan fingerprint density at radius 3 is 2.14 bits per heavy atom. The summed E-state index contributed by atoms with van der Waals surface area (Å²) < 4.78 is 12.2. The molecule has 1 N–H and O–H groups in total. The van der Waals surface area contributed by atoms with Gasteiger partial charge in [-0.1, -0.05) is 39.8 Å². The molecule has 1 rings (SSSR count). The molecule has 1 aromatic rings. The van der Waals surface area contributed by atoms with Gasteiger partial charge in [-0.3, -0.25) is 0 Å². The Kier molecular flexibility index (Phi) is 6.44. The molecule has 0 aliphatic carbocycles. The van der Waals surface area contributed by atoms with E-state index in [4.69, 9.17) is 14.3 Å². The normalized spacial score (nSPS) is 14.0. The Bertz CT molecular complexity index is 421. The largest absolute Gasteiger partial charge is 0.488 e. The maximum Gasteiger partial charge on any atom is 0.192 e. The molecule has 0 fully saturated rings. The number of rotatable bonds is 7. The van der Waals surface area contributed by atoms with Crippen molar-refractivity contribution >= 4 is 8.32 Å². The van der Waals surface area contributed by atoms with Crippen LogP contribution in [0.1, 0.15) is 39.7 Å². The van der Waals surface area contributed by atoms with Gasteiger partial charge < -0.3 is 14.3 Å². The van der Waals surface area contributed by atoms with Crippen molar-refractivity contribution in [2.75, 3.05) is 6.61 Å². The van der Waals surface area contributed by atoms with E-state index in [2.05, 4.69) is 40.8 Å². The number of benzene rings is 1. The van der Waals surface area contributed by atoms with Gasteiger partial charge in [0.05, 0.1) is 13.2 Å². The van der Waals surface area contributed by atoms with Crippen LogP contribution in [0.25, 0.3) is 0 Å². The molecule has 3 nitrogen and oxygen atoms in total. The topological polar surface area (TPSA) is 38.7 Å². The van der Waals surface area contributed by atoms with Crippen LogP contribution in [0.5, 0.6) is 5.75 Å². The minimum atomic E-state index is -1.73. The fourth-order valence-corrected chi connectivity index (χ4v) is 2.65. The molecule has 120 valence electrons. The Hall–Kier alpha value is -0.843. The van der Waals surface area contributed by atoms with Crippen LogP contribution in [0.3, 0.4) is 0 Å². The lowest BCUT2D eigenvalue weighted by molar-refractivity contribution is 0.117. The second kappa shape index (κ2) is 7.43. The van der Waals surface area contributed by atoms with E-state index in [9.17, 15) is 0 Å². The van der Waals surface area contributed by atoms with Gasteiger partial charge >= 0.3 is 0 Å². The van der Waals surface area contributed by atoms with Crippen LogP contribution in [-0.2, 0) is 11.0 Å². The van der Waals surface area contributed by atoms with Crippen molar-refractivity contribution in [1.29, 1.82) is 0 Å². The number of aliphatic hydroxyl groups is 1. The highest BCUT2D eigenvalue weighted by atomic mass is 28.4. The smallest absolute Gasteiger partial charge is 0.192 e. The second-order valence-corrected chi connectivity index (χ2v) is 11.8. The summed E-state index contributed by atoms with van der Waals surface area (Å²) in [6.07, 6.45) is 0.982. The van der Waals surface area contributed by atoms with Crippen LogP contribution in [-0.4, -0.2) is 26.1 Å². The van der Waals surface area contributed by atoms with Crippen molar-refractivity contribution in [3.63, 3.8) is 0 Å². The zero-order chi connectivity index (χ0) is 16.1. The first-order valence-corrected chi connectivity index (χ1v) is 10.6. The third-order valence-corrected chi connectivity index (χ3v) is 8.80. The molecule has 0 spiro atoms. The molecule has 1 unspecified atom stereocenters. The maximum absolute atomic E-state index is 9.05. The molecule has 0 amide bonds. The molecule has 0 aliphatic rings. The van der Waals surface area contributed by atoms with Gasteiger partial charge in [0.15, 0.2) is 8.32 Å². The maximum atomic E-state index is 9.05. The quantitative estimate of drug-likeness (QED) is 0.761. The van der Waals surface area contributed by atoms with Gasteiger partial charge in [-0.25, -0.2) is 0 Å². The lowest BCUT2D eigenvalue weighted by Crippen LogP contribution is -2.43. The summed E-state index contributed by atoms with van der Waals surface area (Å²) in [6, 6.07) is 7.58. The molecule has 1 aromatic carbocycles. The highest BCUT2D eigenvalue weighted by Gasteiger charge is 2.37. The van der Waals surface area contributed by atoms with Crippen LogP contribution in [0.2, 0.25) is 18.1 Å². The predicted molar refractivity (Wildman–Crippen MR) is 90.2 cm³/mol. The summed E-state index contributed by atoms with van der Waals surface area (Å²) in [5, 5.41) is 9.27. The molecule has 0 saturated carbocycles. The van der Waals surface area contributed by atoms with Gasteiger partial charge in [0.2, 0.25) is 0 Å². The summed E-state index contributed by atoms with van der Waals surface area (Å²) in [6.45, 7) is 14.1. The Morgan fingerprint density at radius 2 is 1.71 bits per heavy atom. The van der Waals surface area contributed by atoms with Crippen molar-refractivity contribution in [2.24, 2.45) is 0 Å². The first-order chi connectivity index (χ1) is 9.69. The average Bonchev–Trinajstić information content (AvgIpc) is 2.43. The van der Waals surface area contributed by atoms with Gasteiger partial charge in [0.1, 0.15) is 11.9 Å². The molecular weight excluding hydrogens is 280 g/mol. The van der Waals surface area contributed by atoms with Gasteiger partial charge in [0, 0.05) is 0 Å². The van der Waals surface area contributed by atoms with Gasteiger partial charge in [-0.15, -0.1) is 0 Å². The SMILES string of the molecule is CCC(CO[Si](C)(C)C(C)(C)C)Oc1ccc(CO)cc1. The minimum Gasteiger partial charge on any atom is -0.488 e. The van der Waals surface area contributed by atoms with E-state index in [-0.39, 0.29) is 17.7 Å². The predicted octanol–water partition coefficient (Wildman–Crippen LogP) is 4.36. The minimum absolute atomic E-state index is 0.0615. The standard InChI is InChI=1S/C17H30O3Si/c1-7-15(13-19-21(5,6)17(2,3)4)20-16-10-8-14(12-18)9-11-16/h8-11,15,18H,7,12-13H2,1-6H3. The van der Waals surface area contributed by atoms with E-state index < -0.39 is 8.32 Å². The van der Waals surface area contributed by atoms with Crippen molar-refractivity contribution in [3.05, 3.63) is 29.8 Å². The van der Waals surface area contributed by atoms with E-state index in [0.29, 0.717) is 6.61 Å². The van der Waals surface area contributed by atoms with Crippen LogP contribution < -0.4 is 4.74 Å². The highest BCUT2D eigenvalue weighted by Crippen LogP contribution is 2.36. The molecule has 21 heavy (non-hydrogen) atoms. The number of ether oxygens (including phenoxy) is 1. The van der Waals surface area contributed by atoms with E-state index in [0.717, 1.165) is 17.7 Å². The molecule has 0 heterocycles. The summed E-state index contributed by atoms with van der Waals surface area (Å²) in [7, 11) is -1.73. The first-order valence-electron chi connectivity index (χ1n) is 7.70. The Labute approximate surface area is 130 Å². The number of aliphatic hydroxyl groups excluding tert-OH is 1. The highest BCUT2D eigenvalue weighted by molar-refractivity contribution is 6.74. The lowest BCUT2D eigenvalue weighted by Gasteiger charge is -2.37. The summed E-state index contributed by atoms with van der Waals surface area (Å²) in [5.41, 5.74) is 0.896. The molecule has 0 bridgehead atoms. The van der Waals surface area contributed by atoms with Crippen LogP contribution >= 0.6 is 0 Å². The average molecular weight is 311 g/mol. The molecule has 1 atom stereocenters. The van der Waals surface area contributed by atoms with Crippen LogP contribution in [0, 0.1) is 0 Å². The fraction of sp³-hybridized carbons (Fsp3) is 0.647. The van der Waals surface area contributed by atoms with Gasteiger partial charge in [-0.05, 0) is 42.2 Å². The second-order valence-electron chi connectivity index (χ2n) is 7.02. The van der Waals surface area contributed by atoms with Crippen molar-refractivity contribution in [2.45, 2.75) is 65.0 Å². The number of hydrogen-bond donors (Lipinski definition) is 1. The summed E-state index contributed by atoms with van der Waals surface area (Å²) >= 11 is 0. The first kappa shape index (κ1) is 18.2. The van der Waals surface area contributed by atoms with Crippen molar-refractivity contribution in [1.82, 2.24) is 0 Å². The molecule has 0 radical (unpaired) electrons. The fourth-order valence-electron chi connectivity index (χ4n) is 1.62.